The van der Waals surface area contributed by atoms with Crippen LogP contribution in [-0.4, -0.2) is 9.55 Å². The van der Waals surface area contributed by atoms with Crippen LogP contribution in [0.1, 0.15) is 43.5 Å². The molecule has 0 bridgehead atoms. The fourth-order valence-corrected chi connectivity index (χ4v) is 2.79. The van der Waals surface area contributed by atoms with Crippen LogP contribution >= 0.6 is 11.9 Å². The lowest BCUT2D eigenvalue weighted by atomic mass is 9.92. The Hall–Kier alpha value is -2.04. The van der Waals surface area contributed by atoms with E-state index in [1.54, 1.807) is 0 Å². The number of hydrogen-bond donors (Lipinski definition) is 1. The Morgan fingerprint density at radius 3 is 2.56 bits per heavy atom. The maximum atomic E-state index is 5.32. The van der Waals surface area contributed by atoms with Crippen molar-refractivity contribution in [1.82, 2.24) is 9.55 Å². The van der Waals surface area contributed by atoms with Gasteiger partial charge < -0.3 is 4.57 Å². The summed E-state index contributed by atoms with van der Waals surface area (Å²) in [5.74, 6) is 0. The second-order valence-corrected chi connectivity index (χ2v) is 6.82. The molecule has 1 aliphatic carbocycles. The zero-order chi connectivity index (χ0) is 18.1. The van der Waals surface area contributed by atoms with Crippen LogP contribution in [0.5, 0.6) is 0 Å². The molecule has 1 aromatic carbocycles. The molecule has 132 valence electrons. The number of hydrogen-bond acceptors (Lipinski definition) is 3. The fraction of sp³-hybridized carbons (Fsp3) is 0.286. The fourth-order valence-electron chi connectivity index (χ4n) is 2.49. The number of allylic oxidation sites excluding steroid dienone is 5. The van der Waals surface area contributed by atoms with E-state index in [4.69, 9.17) is 5.14 Å². The number of imidazole rings is 1. The molecule has 1 saturated carbocycles. The van der Waals surface area contributed by atoms with Gasteiger partial charge in [-0.05, 0) is 62.8 Å². The molecule has 0 unspecified atom stereocenters. The highest BCUT2D eigenvalue weighted by Gasteiger charge is 2.21. The van der Waals surface area contributed by atoms with Crippen molar-refractivity contribution in [2.75, 3.05) is 0 Å². The Bertz CT molecular complexity index is 722. The van der Waals surface area contributed by atoms with Crippen molar-refractivity contribution in [3.8, 4) is 0 Å². The van der Waals surface area contributed by atoms with Crippen molar-refractivity contribution < 1.29 is 0 Å². The van der Waals surface area contributed by atoms with Gasteiger partial charge in [-0.3, -0.25) is 5.14 Å². The van der Waals surface area contributed by atoms with Gasteiger partial charge in [0.2, 0.25) is 0 Å². The molecule has 3 nitrogen and oxygen atoms in total. The van der Waals surface area contributed by atoms with Gasteiger partial charge in [0.1, 0.15) is 0 Å². The molecule has 2 N–H and O–H groups in total. The molecule has 1 aliphatic rings. The minimum atomic E-state index is 0.643. The summed E-state index contributed by atoms with van der Waals surface area (Å²) in [5.41, 5.74) is 3.45. The van der Waals surface area contributed by atoms with E-state index in [0.29, 0.717) is 6.04 Å². The van der Waals surface area contributed by atoms with Gasteiger partial charge in [0, 0.05) is 10.9 Å². The third-order valence-corrected chi connectivity index (χ3v) is 4.77. The number of nitrogens with two attached hydrogens (primary N) is 1. The molecule has 1 fully saturated rings. The predicted octanol–water partition coefficient (Wildman–Crippen LogP) is 5.71. The van der Waals surface area contributed by atoms with Gasteiger partial charge in [0.15, 0.2) is 0 Å². The maximum Gasteiger partial charge on any atom is 0.0953 e. The lowest BCUT2D eigenvalue weighted by Gasteiger charge is -2.28. The van der Waals surface area contributed by atoms with Gasteiger partial charge in [-0.25, -0.2) is 4.98 Å². The smallest absolute Gasteiger partial charge is 0.0953 e. The topological polar surface area (TPSA) is 43.8 Å². The Morgan fingerprint density at radius 1 is 1.28 bits per heavy atom. The lowest BCUT2D eigenvalue weighted by Crippen LogP contribution is -2.17. The highest BCUT2D eigenvalue weighted by molar-refractivity contribution is 7.97. The first kappa shape index (κ1) is 19.3. The average Bonchev–Trinajstić information content (AvgIpc) is 3.04. The van der Waals surface area contributed by atoms with Gasteiger partial charge in [-0.1, -0.05) is 48.6 Å². The van der Waals surface area contributed by atoms with E-state index >= 15 is 0 Å². The molecular weight excluding hydrogens is 326 g/mol. The Labute approximate surface area is 155 Å². The SMILES string of the molecule is C=C(/C=C\C=C/C)c1cncn1C1CCC1.Cc1ccc(SN)cc1. The van der Waals surface area contributed by atoms with Crippen LogP contribution in [0.15, 0.2) is 72.6 Å². The third-order valence-electron chi connectivity index (χ3n) is 4.22. The van der Waals surface area contributed by atoms with Crippen molar-refractivity contribution in [3.05, 3.63) is 78.9 Å². The molecule has 0 saturated heterocycles. The largest absolute Gasteiger partial charge is 0.328 e. The molecule has 4 heteroatoms. The minimum absolute atomic E-state index is 0.643. The molecule has 0 radical (unpaired) electrons. The molecule has 2 aromatic rings. The normalized spacial score (nSPS) is 14.4. The van der Waals surface area contributed by atoms with E-state index in [1.165, 1.54) is 36.8 Å². The van der Waals surface area contributed by atoms with Crippen molar-refractivity contribution in [2.24, 2.45) is 5.14 Å². The van der Waals surface area contributed by atoms with Crippen molar-refractivity contribution in [1.29, 1.82) is 0 Å². The number of rotatable bonds is 5. The molecule has 1 aromatic heterocycles. The molecular formula is C21H27N3S. The highest BCUT2D eigenvalue weighted by atomic mass is 32.2. The van der Waals surface area contributed by atoms with Gasteiger partial charge in [0.05, 0.1) is 18.2 Å². The van der Waals surface area contributed by atoms with Crippen molar-refractivity contribution >= 4 is 17.5 Å². The van der Waals surface area contributed by atoms with Crippen LogP contribution < -0.4 is 5.14 Å². The summed E-state index contributed by atoms with van der Waals surface area (Å²) in [6.07, 6.45) is 15.8. The van der Waals surface area contributed by atoms with Crippen LogP contribution in [0, 0.1) is 6.92 Å². The molecule has 0 spiro atoms. The zero-order valence-electron chi connectivity index (χ0n) is 15.1. The summed E-state index contributed by atoms with van der Waals surface area (Å²) in [6, 6.07) is 8.77. The molecule has 0 amide bonds. The number of aryl methyl sites for hydroxylation is 1. The quantitative estimate of drug-likeness (QED) is 0.553. The summed E-state index contributed by atoms with van der Waals surface area (Å²) >= 11 is 1.28. The average molecular weight is 354 g/mol. The monoisotopic (exact) mass is 353 g/mol. The summed E-state index contributed by atoms with van der Waals surface area (Å²) in [6.45, 7) is 8.16. The van der Waals surface area contributed by atoms with Crippen LogP contribution in [0.25, 0.3) is 5.57 Å². The van der Waals surface area contributed by atoms with Crippen LogP contribution in [-0.2, 0) is 0 Å². The molecule has 1 heterocycles. The summed E-state index contributed by atoms with van der Waals surface area (Å²) in [7, 11) is 0. The van der Waals surface area contributed by atoms with E-state index in [9.17, 15) is 0 Å². The van der Waals surface area contributed by atoms with E-state index in [2.05, 4.69) is 35.2 Å². The molecule has 3 rings (SSSR count). The van der Waals surface area contributed by atoms with Crippen molar-refractivity contribution in [2.45, 2.75) is 44.0 Å². The van der Waals surface area contributed by atoms with Crippen LogP contribution in [0.2, 0.25) is 0 Å². The second kappa shape index (κ2) is 10.1. The van der Waals surface area contributed by atoms with Crippen LogP contribution in [0.4, 0.5) is 0 Å². The molecule has 0 aliphatic heterocycles. The van der Waals surface area contributed by atoms with Gasteiger partial charge >= 0.3 is 0 Å². The zero-order valence-corrected chi connectivity index (χ0v) is 15.9. The first-order valence-corrected chi connectivity index (χ1v) is 9.47. The van der Waals surface area contributed by atoms with E-state index in [-0.39, 0.29) is 0 Å². The van der Waals surface area contributed by atoms with E-state index in [0.717, 1.165) is 16.2 Å². The maximum absolute atomic E-state index is 5.32. The minimum Gasteiger partial charge on any atom is -0.328 e. The van der Waals surface area contributed by atoms with Gasteiger partial charge in [0.25, 0.3) is 0 Å². The summed E-state index contributed by atoms with van der Waals surface area (Å²) in [5, 5.41) is 5.32. The first-order valence-electron chi connectivity index (χ1n) is 8.59. The standard InChI is InChI=1S/C14H18N2.C7H9NS/c1-3-4-5-7-12(2)14-10-15-11-16(14)13-8-6-9-13;1-6-2-4-7(9-8)5-3-6/h3-5,7,10-11,13H,2,6,8-9H2,1H3;2-5H,8H2,1H3/b4-3-,7-5-;. The Balaban J connectivity index is 0.000000212. The Morgan fingerprint density at radius 2 is 2.00 bits per heavy atom. The van der Waals surface area contributed by atoms with Gasteiger partial charge in [-0.15, -0.1) is 0 Å². The third kappa shape index (κ3) is 5.76. The summed E-state index contributed by atoms with van der Waals surface area (Å²) < 4.78 is 2.26. The van der Waals surface area contributed by atoms with E-state index in [1.807, 2.05) is 55.9 Å². The van der Waals surface area contributed by atoms with Crippen molar-refractivity contribution in [3.63, 3.8) is 0 Å². The molecule has 0 atom stereocenters. The predicted molar refractivity (Wildman–Crippen MR) is 109 cm³/mol. The van der Waals surface area contributed by atoms with Crippen LogP contribution in [0.3, 0.4) is 0 Å². The number of benzene rings is 1. The summed E-state index contributed by atoms with van der Waals surface area (Å²) in [4.78, 5) is 5.34. The highest BCUT2D eigenvalue weighted by Crippen LogP contribution is 2.33. The Kier molecular flexibility index (Phi) is 7.76. The lowest BCUT2D eigenvalue weighted by molar-refractivity contribution is 0.312. The van der Waals surface area contributed by atoms with E-state index < -0.39 is 0 Å². The number of aromatic nitrogens is 2. The number of nitrogens with zero attached hydrogens (tertiary/aromatic N) is 2. The first-order chi connectivity index (χ1) is 12.2. The van der Waals surface area contributed by atoms with Gasteiger partial charge in [-0.2, -0.15) is 0 Å². The molecule has 25 heavy (non-hydrogen) atoms. The second-order valence-electron chi connectivity index (χ2n) is 6.11.